The Morgan fingerprint density at radius 3 is 2.89 bits per heavy atom. The molecule has 1 aromatic carbocycles. The highest BCUT2D eigenvalue weighted by molar-refractivity contribution is 5.57. The maximum Gasteiger partial charge on any atom is 0.143 e. The van der Waals surface area contributed by atoms with E-state index in [0.29, 0.717) is 24.9 Å². The van der Waals surface area contributed by atoms with Crippen molar-refractivity contribution >= 4 is 5.69 Å². The van der Waals surface area contributed by atoms with Gasteiger partial charge in [-0.05, 0) is 25.0 Å². The molecular weight excluding hydrogens is 231 g/mol. The minimum Gasteiger partial charge on any atom is -0.382 e. The van der Waals surface area contributed by atoms with Gasteiger partial charge in [0.25, 0.3) is 0 Å². The fraction of sp³-hybridized carbons (Fsp3) is 0.500. The van der Waals surface area contributed by atoms with Crippen LogP contribution in [0.1, 0.15) is 31.2 Å². The van der Waals surface area contributed by atoms with Gasteiger partial charge in [0.05, 0.1) is 18.4 Å². The zero-order valence-corrected chi connectivity index (χ0v) is 10.3. The minimum atomic E-state index is -0.487. The summed E-state index contributed by atoms with van der Waals surface area (Å²) in [5.41, 5.74) is 0.603. The molecule has 2 rings (SSSR count). The second-order valence-corrected chi connectivity index (χ2v) is 4.48. The maximum atomic E-state index is 13.3. The molecule has 1 aliphatic rings. The number of anilines is 1. The third-order valence-corrected chi connectivity index (χ3v) is 3.20. The van der Waals surface area contributed by atoms with Gasteiger partial charge in [0.1, 0.15) is 17.4 Å². The molecule has 4 heteroatoms. The first kappa shape index (κ1) is 12.8. The fourth-order valence-corrected chi connectivity index (χ4v) is 2.25. The second-order valence-electron chi connectivity index (χ2n) is 4.48. The number of ether oxygens (including phenoxy) is 1. The van der Waals surface area contributed by atoms with Crippen LogP contribution in [0.4, 0.5) is 10.1 Å². The summed E-state index contributed by atoms with van der Waals surface area (Å²) >= 11 is 0. The first-order chi connectivity index (χ1) is 8.81. The average Bonchev–Trinajstić information content (AvgIpc) is 2.88. The van der Waals surface area contributed by atoms with Crippen LogP contribution in [0.5, 0.6) is 0 Å². The van der Waals surface area contributed by atoms with E-state index < -0.39 is 5.82 Å². The molecule has 0 aliphatic heterocycles. The molecule has 96 valence electrons. The van der Waals surface area contributed by atoms with Gasteiger partial charge in [0.2, 0.25) is 0 Å². The third kappa shape index (κ3) is 3.21. The summed E-state index contributed by atoms with van der Waals surface area (Å²) in [6.07, 6.45) is 5.17. The molecule has 1 N–H and O–H groups in total. The number of hydrogen-bond donors (Lipinski definition) is 1. The van der Waals surface area contributed by atoms with Crippen molar-refractivity contribution in [3.05, 3.63) is 29.6 Å². The van der Waals surface area contributed by atoms with E-state index >= 15 is 0 Å². The first-order valence-corrected chi connectivity index (χ1v) is 6.35. The summed E-state index contributed by atoms with van der Waals surface area (Å²) in [5.74, 6) is -0.487. The van der Waals surface area contributed by atoms with Gasteiger partial charge in [-0.1, -0.05) is 18.9 Å². The lowest BCUT2D eigenvalue weighted by molar-refractivity contribution is 0.0659. The molecule has 3 nitrogen and oxygen atoms in total. The summed E-state index contributed by atoms with van der Waals surface area (Å²) in [6.45, 7) is 1.18. The Bertz CT molecular complexity index is 436. The Morgan fingerprint density at radius 2 is 2.17 bits per heavy atom. The molecule has 0 aromatic heterocycles. The number of hydrogen-bond acceptors (Lipinski definition) is 3. The lowest BCUT2D eigenvalue weighted by atomic mass is 10.2. The van der Waals surface area contributed by atoms with Gasteiger partial charge < -0.3 is 10.1 Å². The van der Waals surface area contributed by atoms with Gasteiger partial charge in [0, 0.05) is 6.54 Å². The van der Waals surface area contributed by atoms with Crippen molar-refractivity contribution in [1.29, 1.82) is 5.26 Å². The Hall–Kier alpha value is -1.60. The molecule has 0 heterocycles. The van der Waals surface area contributed by atoms with Gasteiger partial charge in [0.15, 0.2) is 0 Å². The summed E-state index contributed by atoms with van der Waals surface area (Å²) in [7, 11) is 0. The summed E-state index contributed by atoms with van der Waals surface area (Å²) in [5, 5.41) is 11.9. The van der Waals surface area contributed by atoms with Crippen LogP contribution in [0.3, 0.4) is 0 Å². The highest BCUT2D eigenvalue weighted by Crippen LogP contribution is 2.21. The lowest BCUT2D eigenvalue weighted by Crippen LogP contribution is -2.16. The summed E-state index contributed by atoms with van der Waals surface area (Å²) in [6, 6.07) is 6.46. The molecule has 0 bridgehead atoms. The highest BCUT2D eigenvalue weighted by Gasteiger charge is 2.14. The zero-order valence-electron chi connectivity index (χ0n) is 10.3. The van der Waals surface area contributed by atoms with E-state index in [9.17, 15) is 4.39 Å². The van der Waals surface area contributed by atoms with Gasteiger partial charge in [-0.25, -0.2) is 4.39 Å². The van der Waals surface area contributed by atoms with E-state index in [1.54, 1.807) is 12.1 Å². The van der Waals surface area contributed by atoms with E-state index in [-0.39, 0.29) is 5.56 Å². The van der Waals surface area contributed by atoms with Crippen LogP contribution in [0.2, 0.25) is 0 Å². The van der Waals surface area contributed by atoms with Gasteiger partial charge in [-0.2, -0.15) is 5.26 Å². The molecule has 18 heavy (non-hydrogen) atoms. The Kier molecular flexibility index (Phi) is 4.54. The highest BCUT2D eigenvalue weighted by atomic mass is 19.1. The number of nitriles is 1. The Morgan fingerprint density at radius 1 is 1.39 bits per heavy atom. The summed E-state index contributed by atoms with van der Waals surface area (Å²) in [4.78, 5) is 0. The largest absolute Gasteiger partial charge is 0.382 e. The number of nitrogens with one attached hydrogen (secondary N) is 1. The number of nitrogens with zero attached hydrogens (tertiary/aromatic N) is 1. The normalized spacial score (nSPS) is 15.6. The molecule has 0 unspecified atom stereocenters. The van der Waals surface area contributed by atoms with Crippen LogP contribution >= 0.6 is 0 Å². The lowest BCUT2D eigenvalue weighted by Gasteiger charge is -2.12. The van der Waals surface area contributed by atoms with Crippen molar-refractivity contribution in [2.45, 2.75) is 31.8 Å². The van der Waals surface area contributed by atoms with Crippen LogP contribution in [-0.2, 0) is 4.74 Å². The van der Waals surface area contributed by atoms with Crippen LogP contribution in [0, 0.1) is 17.1 Å². The van der Waals surface area contributed by atoms with Crippen LogP contribution in [-0.4, -0.2) is 19.3 Å². The van der Waals surface area contributed by atoms with E-state index in [4.69, 9.17) is 10.00 Å². The van der Waals surface area contributed by atoms with Gasteiger partial charge in [-0.15, -0.1) is 0 Å². The number of rotatable bonds is 5. The third-order valence-electron chi connectivity index (χ3n) is 3.20. The van der Waals surface area contributed by atoms with Gasteiger partial charge >= 0.3 is 0 Å². The van der Waals surface area contributed by atoms with Crippen LogP contribution < -0.4 is 5.32 Å². The predicted molar refractivity (Wildman–Crippen MR) is 67.8 cm³/mol. The van der Waals surface area contributed by atoms with E-state index in [1.165, 1.54) is 18.9 Å². The van der Waals surface area contributed by atoms with Crippen molar-refractivity contribution in [1.82, 2.24) is 0 Å². The number of benzene rings is 1. The SMILES string of the molecule is N#Cc1c(F)cccc1NCCOC1CCCC1. The molecule has 0 spiro atoms. The topological polar surface area (TPSA) is 45.0 Å². The van der Waals surface area contributed by atoms with Crippen molar-refractivity contribution in [3.8, 4) is 6.07 Å². The quantitative estimate of drug-likeness (QED) is 0.814. The fourth-order valence-electron chi connectivity index (χ4n) is 2.25. The Labute approximate surface area is 107 Å². The number of halogens is 1. The predicted octanol–water partition coefficient (Wildman–Crippen LogP) is 3.07. The molecule has 0 atom stereocenters. The molecule has 0 radical (unpaired) electrons. The molecule has 1 saturated carbocycles. The van der Waals surface area contributed by atoms with E-state index in [1.807, 2.05) is 6.07 Å². The van der Waals surface area contributed by atoms with Crippen molar-refractivity contribution in [2.24, 2.45) is 0 Å². The molecule has 0 amide bonds. The van der Waals surface area contributed by atoms with Crippen LogP contribution in [0.25, 0.3) is 0 Å². The van der Waals surface area contributed by atoms with Gasteiger partial charge in [-0.3, -0.25) is 0 Å². The molecule has 1 aromatic rings. The van der Waals surface area contributed by atoms with Crippen molar-refractivity contribution < 1.29 is 9.13 Å². The second kappa shape index (κ2) is 6.36. The van der Waals surface area contributed by atoms with Crippen molar-refractivity contribution in [3.63, 3.8) is 0 Å². The van der Waals surface area contributed by atoms with E-state index in [2.05, 4.69) is 5.32 Å². The molecule has 0 saturated heterocycles. The Balaban J connectivity index is 1.79. The monoisotopic (exact) mass is 248 g/mol. The smallest absolute Gasteiger partial charge is 0.143 e. The average molecular weight is 248 g/mol. The first-order valence-electron chi connectivity index (χ1n) is 6.35. The molecule has 1 aliphatic carbocycles. The minimum absolute atomic E-state index is 0.0679. The molecular formula is C14H17FN2O. The molecule has 1 fully saturated rings. The summed E-state index contributed by atoms with van der Waals surface area (Å²) < 4.78 is 19.0. The van der Waals surface area contributed by atoms with Crippen molar-refractivity contribution in [2.75, 3.05) is 18.5 Å². The standard InChI is InChI=1S/C14H17FN2O/c15-13-6-3-7-14(12(13)10-16)17-8-9-18-11-4-1-2-5-11/h3,6-7,11,17H,1-2,4-5,8-9H2. The van der Waals surface area contributed by atoms with E-state index in [0.717, 1.165) is 12.8 Å². The maximum absolute atomic E-state index is 13.3. The zero-order chi connectivity index (χ0) is 12.8. The van der Waals surface area contributed by atoms with Crippen LogP contribution in [0.15, 0.2) is 18.2 Å².